The standard InChI is InChI=1S/C43H61N11O8/c1-25-16-17-36(56)47-18-8-7-14-31(37(44)57)50-40(60)34(21-27-23-49-30-13-6-5-12-29(27)30)52-38(58)32(15-9-19-48-43(45)46)51-39(59)33(20-26-10-3-2-4-11-26)53-41(61)35-22-28(55)24-54(35)42(25)62/h2-6,10-13,23,25,28,31-35,38,49,52,55,58H,7-9,14-22,24H2,1H3,(H2,44,57)(H,47,56)(H,50,60)(H,51,59)(H,53,61)(H4,45,46,48)/t25-,28+,31-,32-,33+,34-,35-,38-/m0/s1. The number of aliphatic imine (C=N–C) groups is 1. The van der Waals surface area contributed by atoms with Crippen LogP contribution in [0.1, 0.15) is 69.4 Å². The molecule has 14 N–H and O–H groups in total. The topological polar surface area (TPSA) is 312 Å². The highest BCUT2D eigenvalue weighted by molar-refractivity contribution is 5.94. The molecule has 6 amide bonds. The van der Waals surface area contributed by atoms with Crippen LogP contribution in [0.4, 0.5) is 0 Å². The summed E-state index contributed by atoms with van der Waals surface area (Å²) in [6.07, 6.45) is 0.863. The van der Waals surface area contributed by atoms with Crippen LogP contribution < -0.4 is 43.8 Å². The van der Waals surface area contributed by atoms with Crippen LogP contribution >= 0.6 is 0 Å². The molecule has 62 heavy (non-hydrogen) atoms. The number of fused-ring (bicyclic) bond motifs is 2. The second kappa shape index (κ2) is 22.7. The summed E-state index contributed by atoms with van der Waals surface area (Å²) in [5, 5.41) is 37.7. The quantitative estimate of drug-likeness (QED) is 0.0697. The maximum Gasteiger partial charge on any atom is 0.243 e. The van der Waals surface area contributed by atoms with Gasteiger partial charge in [0.2, 0.25) is 35.4 Å². The normalized spacial score (nSPS) is 26.6. The number of H-pyrrole nitrogens is 1. The molecule has 3 heterocycles. The number of carbonyl (C=O) groups excluding carboxylic acids is 6. The maximum absolute atomic E-state index is 14.4. The molecule has 3 aromatic rings. The van der Waals surface area contributed by atoms with Crippen LogP contribution in [0.3, 0.4) is 0 Å². The Morgan fingerprint density at radius 3 is 2.32 bits per heavy atom. The highest BCUT2D eigenvalue weighted by Gasteiger charge is 2.42. The van der Waals surface area contributed by atoms with E-state index < -0.39 is 78.0 Å². The van der Waals surface area contributed by atoms with Crippen molar-refractivity contribution < 1.29 is 39.0 Å². The first-order valence-electron chi connectivity index (χ1n) is 21.2. The summed E-state index contributed by atoms with van der Waals surface area (Å²) < 4.78 is 0. The molecular weight excluding hydrogens is 799 g/mol. The monoisotopic (exact) mass is 859 g/mol. The van der Waals surface area contributed by atoms with E-state index in [2.05, 4.69) is 36.6 Å². The third-order valence-electron chi connectivity index (χ3n) is 11.4. The molecule has 0 unspecified atom stereocenters. The van der Waals surface area contributed by atoms with Gasteiger partial charge in [0.1, 0.15) is 24.4 Å². The second-order valence-electron chi connectivity index (χ2n) is 16.2. The molecule has 0 spiro atoms. The van der Waals surface area contributed by atoms with E-state index in [0.717, 1.165) is 16.5 Å². The molecule has 2 aromatic carbocycles. The van der Waals surface area contributed by atoms with Gasteiger partial charge in [0.05, 0.1) is 18.2 Å². The zero-order valence-corrected chi connectivity index (χ0v) is 35.1. The lowest BCUT2D eigenvalue weighted by atomic mass is 10.0. The Morgan fingerprint density at radius 1 is 0.855 bits per heavy atom. The fourth-order valence-corrected chi connectivity index (χ4v) is 7.92. The van der Waals surface area contributed by atoms with Crippen LogP contribution in [0.15, 0.2) is 65.8 Å². The SMILES string of the molecule is C[C@H]1CCC(=O)NCCCC[C@@H](C(N)=O)NC(=O)[C@H](Cc2c[nH]c3ccccc23)N[C@@H](O)[C@H](CCCN=C(N)N)NC(=O)[C@@H](Cc2ccccc2)NC(=O)[C@@H]2C[C@@H](O)CN2C1=O. The number of rotatable bonds is 9. The first-order chi connectivity index (χ1) is 29.7. The number of benzene rings is 2. The van der Waals surface area contributed by atoms with Gasteiger partial charge >= 0.3 is 0 Å². The van der Waals surface area contributed by atoms with Crippen molar-refractivity contribution in [1.82, 2.24) is 36.5 Å². The number of primary amides is 1. The minimum absolute atomic E-state index is 0.0253. The predicted octanol–water partition coefficient (Wildman–Crippen LogP) is -1.10. The van der Waals surface area contributed by atoms with Crippen molar-refractivity contribution in [3.8, 4) is 0 Å². The molecule has 5 rings (SSSR count). The molecule has 8 atom stereocenters. The lowest BCUT2D eigenvalue weighted by molar-refractivity contribution is -0.142. The Kier molecular flexibility index (Phi) is 17.2. The fraction of sp³-hybridized carbons (Fsp3) is 0.512. The number of carbonyl (C=O) groups is 6. The third-order valence-corrected chi connectivity index (χ3v) is 11.4. The third kappa shape index (κ3) is 13.5. The molecule has 19 heteroatoms. The summed E-state index contributed by atoms with van der Waals surface area (Å²) >= 11 is 0. The summed E-state index contributed by atoms with van der Waals surface area (Å²) in [6, 6.07) is 10.8. The largest absolute Gasteiger partial charge is 0.391 e. The van der Waals surface area contributed by atoms with Crippen molar-refractivity contribution in [1.29, 1.82) is 0 Å². The molecule has 2 aliphatic heterocycles. The number of aromatic nitrogens is 1. The van der Waals surface area contributed by atoms with Crippen molar-refractivity contribution in [2.75, 3.05) is 19.6 Å². The van der Waals surface area contributed by atoms with Crippen LogP contribution in [0.2, 0.25) is 0 Å². The number of aromatic amines is 1. The molecule has 0 radical (unpaired) electrons. The highest BCUT2D eigenvalue weighted by Crippen LogP contribution is 2.24. The zero-order chi connectivity index (χ0) is 44.8. The minimum Gasteiger partial charge on any atom is -0.391 e. The van der Waals surface area contributed by atoms with E-state index >= 15 is 0 Å². The lowest BCUT2D eigenvalue weighted by Gasteiger charge is -2.31. The Morgan fingerprint density at radius 2 is 1.58 bits per heavy atom. The minimum atomic E-state index is -1.58. The fourth-order valence-electron chi connectivity index (χ4n) is 7.92. The van der Waals surface area contributed by atoms with E-state index in [-0.39, 0.29) is 82.9 Å². The van der Waals surface area contributed by atoms with Gasteiger partial charge in [-0.05, 0) is 62.1 Å². The zero-order valence-electron chi connectivity index (χ0n) is 35.1. The van der Waals surface area contributed by atoms with Crippen molar-refractivity contribution in [3.63, 3.8) is 0 Å². The number of guanidine groups is 1. The Balaban J connectivity index is 1.49. The van der Waals surface area contributed by atoms with Crippen LogP contribution in [-0.2, 0) is 41.6 Å². The van der Waals surface area contributed by atoms with Crippen molar-refractivity contribution in [3.05, 3.63) is 71.9 Å². The van der Waals surface area contributed by atoms with Gasteiger partial charge in [-0.2, -0.15) is 0 Å². The molecule has 0 saturated carbocycles. The van der Waals surface area contributed by atoms with Gasteiger partial charge in [-0.15, -0.1) is 0 Å². The molecule has 2 aliphatic rings. The van der Waals surface area contributed by atoms with Crippen LogP contribution in [0, 0.1) is 5.92 Å². The van der Waals surface area contributed by atoms with Crippen LogP contribution in [-0.4, -0.2) is 124 Å². The highest BCUT2D eigenvalue weighted by atomic mass is 16.3. The summed E-state index contributed by atoms with van der Waals surface area (Å²) in [7, 11) is 0. The van der Waals surface area contributed by atoms with Gasteiger partial charge in [0, 0.05) is 61.9 Å². The Bertz CT molecular complexity index is 2040. The van der Waals surface area contributed by atoms with Crippen molar-refractivity contribution in [2.24, 2.45) is 28.1 Å². The number of nitrogens with zero attached hydrogens (tertiary/aromatic N) is 2. The first-order valence-corrected chi connectivity index (χ1v) is 21.2. The van der Waals surface area contributed by atoms with Gasteiger partial charge < -0.3 is 58.6 Å². The molecule has 0 bridgehead atoms. The summed E-state index contributed by atoms with van der Waals surface area (Å²) in [4.78, 5) is 90.3. The first kappa shape index (κ1) is 47.0. The number of hydrogen-bond acceptors (Lipinski definition) is 10. The summed E-state index contributed by atoms with van der Waals surface area (Å²) in [5.74, 6) is -4.24. The van der Waals surface area contributed by atoms with Gasteiger partial charge in [-0.3, -0.25) is 39.1 Å². The smallest absolute Gasteiger partial charge is 0.243 e. The average Bonchev–Trinajstić information content (AvgIpc) is 3.85. The number of para-hydroxylation sites is 1. The Labute approximate surface area is 360 Å². The van der Waals surface area contributed by atoms with Gasteiger partial charge in [-0.1, -0.05) is 55.5 Å². The number of aliphatic hydroxyl groups excluding tert-OH is 2. The van der Waals surface area contributed by atoms with E-state index in [0.29, 0.717) is 18.4 Å². The number of aliphatic hydroxyl groups is 2. The second-order valence-corrected chi connectivity index (χ2v) is 16.2. The van der Waals surface area contributed by atoms with Gasteiger partial charge in [0.25, 0.3) is 0 Å². The molecule has 19 nitrogen and oxygen atoms in total. The van der Waals surface area contributed by atoms with E-state index in [1.165, 1.54) is 4.90 Å². The molecule has 2 saturated heterocycles. The Hall–Kier alpha value is -6.05. The summed E-state index contributed by atoms with van der Waals surface area (Å²) in [6.45, 7) is 1.99. The molecule has 336 valence electrons. The van der Waals surface area contributed by atoms with E-state index in [1.54, 1.807) is 43.5 Å². The number of amides is 6. The van der Waals surface area contributed by atoms with E-state index in [4.69, 9.17) is 17.2 Å². The van der Waals surface area contributed by atoms with E-state index in [9.17, 15) is 39.0 Å². The number of nitrogens with one attached hydrogen (secondary N) is 6. The average molecular weight is 860 g/mol. The number of nitrogens with two attached hydrogens (primary N) is 3. The van der Waals surface area contributed by atoms with Crippen LogP contribution in [0.25, 0.3) is 10.9 Å². The predicted molar refractivity (Wildman–Crippen MR) is 231 cm³/mol. The van der Waals surface area contributed by atoms with Crippen molar-refractivity contribution in [2.45, 2.75) is 114 Å². The van der Waals surface area contributed by atoms with Gasteiger partial charge in [0.15, 0.2) is 5.96 Å². The maximum atomic E-state index is 14.4. The molecular formula is C43H61N11O8. The van der Waals surface area contributed by atoms with Crippen molar-refractivity contribution >= 4 is 52.3 Å². The molecule has 2 fully saturated rings. The summed E-state index contributed by atoms with van der Waals surface area (Å²) in [5.41, 5.74) is 19.1. The number of hydrogen-bond donors (Lipinski definition) is 11. The molecule has 0 aliphatic carbocycles. The van der Waals surface area contributed by atoms with Crippen LogP contribution in [0.5, 0.6) is 0 Å². The van der Waals surface area contributed by atoms with E-state index in [1.807, 2.05) is 24.3 Å². The lowest BCUT2D eigenvalue weighted by Crippen LogP contribution is -2.61. The molecule has 1 aromatic heterocycles. The van der Waals surface area contributed by atoms with Gasteiger partial charge in [-0.25, -0.2) is 0 Å².